The van der Waals surface area contributed by atoms with Crippen molar-refractivity contribution in [2.75, 3.05) is 24.7 Å². The van der Waals surface area contributed by atoms with E-state index in [1.165, 1.54) is 16.1 Å². The summed E-state index contributed by atoms with van der Waals surface area (Å²) in [5, 5.41) is 2.81. The van der Waals surface area contributed by atoms with Gasteiger partial charge < -0.3 is 10.1 Å². The number of nitrogens with zero attached hydrogens (tertiary/aromatic N) is 1. The topological polar surface area (TPSA) is 75.7 Å². The van der Waals surface area contributed by atoms with Crippen LogP contribution in [0.3, 0.4) is 0 Å². The molecule has 1 aliphatic heterocycles. The minimum Gasteiger partial charge on any atom is -0.484 e. The fourth-order valence-corrected chi connectivity index (χ4v) is 3.84. The van der Waals surface area contributed by atoms with E-state index in [0.717, 1.165) is 16.7 Å². The molecule has 0 bridgehead atoms. The lowest BCUT2D eigenvalue weighted by molar-refractivity contribution is -0.118. The van der Waals surface area contributed by atoms with Crippen LogP contribution < -0.4 is 10.1 Å². The monoisotopic (exact) mass is 388 g/mol. The van der Waals surface area contributed by atoms with E-state index in [1.807, 2.05) is 50.2 Å². The van der Waals surface area contributed by atoms with E-state index in [2.05, 4.69) is 5.32 Å². The molecule has 1 N–H and O–H groups in total. The first-order valence-electron chi connectivity index (χ1n) is 8.79. The Morgan fingerprint density at radius 3 is 2.59 bits per heavy atom. The largest absolute Gasteiger partial charge is 0.484 e. The van der Waals surface area contributed by atoms with Gasteiger partial charge in [0.25, 0.3) is 5.91 Å². The van der Waals surface area contributed by atoms with Crippen LogP contribution in [0.5, 0.6) is 5.75 Å². The van der Waals surface area contributed by atoms with Gasteiger partial charge in [-0.2, -0.15) is 4.31 Å². The average molecular weight is 388 g/mol. The Balaban J connectivity index is 1.62. The van der Waals surface area contributed by atoms with Gasteiger partial charge in [0, 0.05) is 18.8 Å². The van der Waals surface area contributed by atoms with Crippen molar-refractivity contribution in [3.63, 3.8) is 0 Å². The summed E-state index contributed by atoms with van der Waals surface area (Å²) in [5.74, 6) is 0.395. The van der Waals surface area contributed by atoms with Gasteiger partial charge in [-0.1, -0.05) is 12.1 Å². The Morgan fingerprint density at radius 1 is 1.11 bits per heavy atom. The number of amides is 1. The molecule has 0 fully saturated rings. The molecule has 7 heteroatoms. The highest BCUT2D eigenvalue weighted by Crippen LogP contribution is 2.24. The maximum atomic E-state index is 12.2. The molecule has 0 spiro atoms. The van der Waals surface area contributed by atoms with Crippen LogP contribution >= 0.6 is 0 Å². The second-order valence-corrected chi connectivity index (χ2v) is 8.90. The summed E-state index contributed by atoms with van der Waals surface area (Å²) >= 11 is 0. The molecule has 2 aromatic rings. The number of hydrogen-bond donors (Lipinski definition) is 1. The SMILES string of the molecule is Cc1ccc(OCC(=O)Nc2ccc3c(c2)CN(S(C)(=O)=O)CC3)cc1C. The molecular formula is C20H24N2O4S. The van der Waals surface area contributed by atoms with E-state index in [0.29, 0.717) is 30.9 Å². The maximum absolute atomic E-state index is 12.2. The molecule has 6 nitrogen and oxygen atoms in total. The molecular weight excluding hydrogens is 364 g/mol. The zero-order valence-electron chi connectivity index (χ0n) is 15.8. The Bertz CT molecular complexity index is 970. The van der Waals surface area contributed by atoms with Crippen LogP contribution in [-0.2, 0) is 27.8 Å². The van der Waals surface area contributed by atoms with Gasteiger partial charge in [0.1, 0.15) is 5.75 Å². The molecule has 3 rings (SSSR count). The molecule has 144 valence electrons. The van der Waals surface area contributed by atoms with E-state index in [9.17, 15) is 13.2 Å². The van der Waals surface area contributed by atoms with E-state index in [1.54, 1.807) is 0 Å². The maximum Gasteiger partial charge on any atom is 0.262 e. The summed E-state index contributed by atoms with van der Waals surface area (Å²) in [6.45, 7) is 4.75. The number of nitrogens with one attached hydrogen (secondary N) is 1. The second-order valence-electron chi connectivity index (χ2n) is 6.91. The van der Waals surface area contributed by atoms with Crippen molar-refractivity contribution in [2.24, 2.45) is 0 Å². The van der Waals surface area contributed by atoms with E-state index in [-0.39, 0.29) is 12.5 Å². The molecule has 1 heterocycles. The van der Waals surface area contributed by atoms with Gasteiger partial charge in [-0.25, -0.2) is 8.42 Å². The normalized spacial score (nSPS) is 14.5. The summed E-state index contributed by atoms with van der Waals surface area (Å²) in [7, 11) is -3.22. The Morgan fingerprint density at radius 2 is 1.89 bits per heavy atom. The minimum atomic E-state index is -3.22. The Hall–Kier alpha value is -2.38. The number of ether oxygens (including phenoxy) is 1. The number of aryl methyl sites for hydroxylation is 2. The number of benzene rings is 2. The van der Waals surface area contributed by atoms with Gasteiger partial charge in [-0.05, 0) is 66.8 Å². The van der Waals surface area contributed by atoms with Crippen LogP contribution in [0.4, 0.5) is 5.69 Å². The first-order valence-corrected chi connectivity index (χ1v) is 10.6. The molecule has 1 aliphatic rings. The molecule has 0 radical (unpaired) electrons. The first kappa shape index (κ1) is 19.4. The minimum absolute atomic E-state index is 0.0882. The van der Waals surface area contributed by atoms with Crippen LogP contribution in [0.25, 0.3) is 0 Å². The van der Waals surface area contributed by atoms with Crippen molar-refractivity contribution in [1.29, 1.82) is 0 Å². The number of sulfonamides is 1. The van der Waals surface area contributed by atoms with E-state index in [4.69, 9.17) is 4.74 Å². The molecule has 0 saturated heterocycles. The number of rotatable bonds is 5. The van der Waals surface area contributed by atoms with Gasteiger partial charge in [0.05, 0.1) is 6.26 Å². The molecule has 27 heavy (non-hydrogen) atoms. The van der Waals surface area contributed by atoms with E-state index >= 15 is 0 Å². The number of carbonyl (C=O) groups excluding carboxylic acids is 1. The summed E-state index contributed by atoms with van der Waals surface area (Å²) in [6.07, 6.45) is 1.89. The number of carbonyl (C=O) groups is 1. The first-order chi connectivity index (χ1) is 12.7. The number of fused-ring (bicyclic) bond motifs is 1. The second kappa shape index (κ2) is 7.70. The van der Waals surface area contributed by atoms with Gasteiger partial charge in [0.2, 0.25) is 10.0 Å². The summed E-state index contributed by atoms with van der Waals surface area (Å²) < 4.78 is 30.5. The third kappa shape index (κ3) is 4.87. The highest BCUT2D eigenvalue weighted by molar-refractivity contribution is 7.88. The van der Waals surface area contributed by atoms with Crippen LogP contribution in [0, 0.1) is 13.8 Å². The van der Waals surface area contributed by atoms with Crippen molar-refractivity contribution in [1.82, 2.24) is 4.31 Å². The molecule has 0 aliphatic carbocycles. The molecule has 0 saturated carbocycles. The van der Waals surface area contributed by atoms with Crippen LogP contribution in [0.2, 0.25) is 0 Å². The number of hydrogen-bond acceptors (Lipinski definition) is 4. The molecule has 0 atom stereocenters. The van der Waals surface area contributed by atoms with Gasteiger partial charge in [-0.3, -0.25) is 4.79 Å². The van der Waals surface area contributed by atoms with Gasteiger partial charge >= 0.3 is 0 Å². The predicted octanol–water partition coefficient (Wildman–Crippen LogP) is 2.64. The van der Waals surface area contributed by atoms with Gasteiger partial charge in [0.15, 0.2) is 6.61 Å². The Kier molecular flexibility index (Phi) is 5.53. The van der Waals surface area contributed by atoms with Crippen LogP contribution in [-0.4, -0.2) is 38.0 Å². The molecule has 0 unspecified atom stereocenters. The summed E-state index contributed by atoms with van der Waals surface area (Å²) in [5.41, 5.74) is 4.94. The lowest BCUT2D eigenvalue weighted by Crippen LogP contribution is -2.35. The van der Waals surface area contributed by atoms with Crippen LogP contribution in [0.15, 0.2) is 36.4 Å². The van der Waals surface area contributed by atoms with Gasteiger partial charge in [-0.15, -0.1) is 0 Å². The molecule has 1 amide bonds. The Labute approximate surface area is 160 Å². The highest BCUT2D eigenvalue weighted by Gasteiger charge is 2.23. The van der Waals surface area contributed by atoms with Crippen molar-refractivity contribution < 1.29 is 17.9 Å². The fraction of sp³-hybridized carbons (Fsp3) is 0.350. The van der Waals surface area contributed by atoms with Crippen LogP contribution in [0.1, 0.15) is 22.3 Å². The standard InChI is InChI=1S/C20H24N2O4S/c1-14-4-7-19(10-15(14)2)26-13-20(23)21-18-6-5-16-8-9-22(27(3,24)25)12-17(16)11-18/h4-7,10-11H,8-9,12-13H2,1-3H3,(H,21,23). The third-order valence-corrected chi connectivity index (χ3v) is 6.03. The zero-order valence-corrected chi connectivity index (χ0v) is 16.6. The lowest BCUT2D eigenvalue weighted by atomic mass is 10.0. The van der Waals surface area contributed by atoms with E-state index < -0.39 is 10.0 Å². The summed E-state index contributed by atoms with van der Waals surface area (Å²) in [4.78, 5) is 12.2. The highest BCUT2D eigenvalue weighted by atomic mass is 32.2. The quantitative estimate of drug-likeness (QED) is 0.854. The molecule has 0 aromatic heterocycles. The van der Waals surface area contributed by atoms with Crippen molar-refractivity contribution in [2.45, 2.75) is 26.8 Å². The van der Waals surface area contributed by atoms with Crippen molar-refractivity contribution in [3.8, 4) is 5.75 Å². The number of anilines is 1. The van der Waals surface area contributed by atoms with Crippen molar-refractivity contribution >= 4 is 21.6 Å². The lowest BCUT2D eigenvalue weighted by Gasteiger charge is -2.27. The fourth-order valence-electron chi connectivity index (χ4n) is 3.04. The summed E-state index contributed by atoms with van der Waals surface area (Å²) in [6, 6.07) is 11.3. The average Bonchev–Trinajstić information content (AvgIpc) is 2.61. The zero-order chi connectivity index (χ0) is 19.6. The molecule has 2 aromatic carbocycles. The predicted molar refractivity (Wildman–Crippen MR) is 105 cm³/mol. The third-order valence-electron chi connectivity index (χ3n) is 4.78. The smallest absolute Gasteiger partial charge is 0.262 e. The van der Waals surface area contributed by atoms with Crippen molar-refractivity contribution in [3.05, 3.63) is 58.7 Å².